The van der Waals surface area contributed by atoms with E-state index in [9.17, 15) is 9.59 Å². The minimum atomic E-state index is -0.233. The molecule has 0 bridgehead atoms. The minimum absolute atomic E-state index is 0.0248. The number of carbonyl (C=O) groups excluding carboxylic acids is 2. The van der Waals surface area contributed by atoms with Crippen LogP contribution in [0.3, 0.4) is 0 Å². The summed E-state index contributed by atoms with van der Waals surface area (Å²) >= 11 is 0. The number of nitrogens with one attached hydrogen (secondary N) is 2. The number of benzene rings is 2. The second-order valence-electron chi connectivity index (χ2n) is 6.44. The lowest BCUT2D eigenvalue weighted by molar-refractivity contribution is -0.124. The Hall–Kier alpha value is -2.82. The molecule has 0 spiro atoms. The van der Waals surface area contributed by atoms with Crippen LogP contribution in [0.2, 0.25) is 0 Å². The van der Waals surface area contributed by atoms with E-state index in [0.29, 0.717) is 18.5 Å². The van der Waals surface area contributed by atoms with E-state index in [4.69, 9.17) is 0 Å². The van der Waals surface area contributed by atoms with Gasteiger partial charge in [-0.15, -0.1) is 0 Å². The van der Waals surface area contributed by atoms with Crippen molar-refractivity contribution in [2.24, 2.45) is 0 Å². The standard InChI is InChI=1S/C21H27N3O2/c1-4-16-5-7-17(8-6-16)9-14-20(25)22-15-21(26)23-18-10-12-19(13-11-18)24(2)3/h5-8,10-13H,4,9,14-15H2,1-3H3,(H,22,25)(H,23,26). The lowest BCUT2D eigenvalue weighted by atomic mass is 10.1. The first-order valence-electron chi connectivity index (χ1n) is 8.89. The molecule has 0 aliphatic heterocycles. The van der Waals surface area contributed by atoms with Gasteiger partial charge in [-0.2, -0.15) is 0 Å². The van der Waals surface area contributed by atoms with Crippen molar-refractivity contribution in [3.63, 3.8) is 0 Å². The number of rotatable bonds is 8. The molecule has 0 aromatic heterocycles. The molecule has 0 saturated carbocycles. The second kappa shape index (κ2) is 9.61. The molecule has 0 atom stereocenters. The average Bonchev–Trinajstić information content (AvgIpc) is 2.65. The first-order valence-corrected chi connectivity index (χ1v) is 8.89. The van der Waals surface area contributed by atoms with Gasteiger partial charge in [0.25, 0.3) is 0 Å². The molecule has 2 N–H and O–H groups in total. The summed E-state index contributed by atoms with van der Waals surface area (Å²) in [6.07, 6.45) is 2.05. The Morgan fingerprint density at radius 2 is 1.50 bits per heavy atom. The zero-order valence-corrected chi connectivity index (χ0v) is 15.7. The highest BCUT2D eigenvalue weighted by Crippen LogP contribution is 2.15. The van der Waals surface area contributed by atoms with Gasteiger partial charge in [0.2, 0.25) is 11.8 Å². The van der Waals surface area contributed by atoms with Crippen molar-refractivity contribution in [2.75, 3.05) is 30.9 Å². The monoisotopic (exact) mass is 353 g/mol. The van der Waals surface area contributed by atoms with Gasteiger partial charge < -0.3 is 15.5 Å². The molecule has 0 saturated heterocycles. The maximum Gasteiger partial charge on any atom is 0.243 e. The van der Waals surface area contributed by atoms with Gasteiger partial charge in [-0.25, -0.2) is 0 Å². The summed E-state index contributed by atoms with van der Waals surface area (Å²) in [6.45, 7) is 2.09. The van der Waals surface area contributed by atoms with Crippen molar-refractivity contribution in [1.29, 1.82) is 0 Å². The zero-order chi connectivity index (χ0) is 18.9. The van der Waals surface area contributed by atoms with Gasteiger partial charge in [-0.05, 0) is 48.2 Å². The molecule has 0 unspecified atom stereocenters. The number of carbonyl (C=O) groups is 2. The maximum atomic E-state index is 11.9. The number of nitrogens with zero attached hydrogens (tertiary/aromatic N) is 1. The Bertz CT molecular complexity index is 722. The summed E-state index contributed by atoms with van der Waals surface area (Å²) in [7, 11) is 3.92. The molecule has 2 amide bonds. The lowest BCUT2D eigenvalue weighted by Gasteiger charge is -2.13. The second-order valence-corrected chi connectivity index (χ2v) is 6.44. The third-order valence-corrected chi connectivity index (χ3v) is 4.19. The number of anilines is 2. The fourth-order valence-electron chi connectivity index (χ4n) is 2.51. The van der Waals surface area contributed by atoms with Crippen LogP contribution in [-0.2, 0) is 22.4 Å². The van der Waals surface area contributed by atoms with Gasteiger partial charge in [0.15, 0.2) is 0 Å². The fourth-order valence-corrected chi connectivity index (χ4v) is 2.51. The Morgan fingerprint density at radius 3 is 2.08 bits per heavy atom. The molecule has 0 aliphatic rings. The van der Waals surface area contributed by atoms with Gasteiger partial charge in [0.05, 0.1) is 6.54 Å². The molecule has 0 aliphatic carbocycles. The molecule has 138 valence electrons. The van der Waals surface area contributed by atoms with Crippen molar-refractivity contribution in [2.45, 2.75) is 26.2 Å². The van der Waals surface area contributed by atoms with Crippen LogP contribution in [-0.4, -0.2) is 32.5 Å². The van der Waals surface area contributed by atoms with Gasteiger partial charge in [-0.1, -0.05) is 31.2 Å². The van der Waals surface area contributed by atoms with Crippen LogP contribution in [0.1, 0.15) is 24.5 Å². The third kappa shape index (κ3) is 6.24. The van der Waals surface area contributed by atoms with E-state index in [1.165, 1.54) is 5.56 Å². The maximum absolute atomic E-state index is 11.9. The van der Waals surface area contributed by atoms with E-state index in [1.54, 1.807) is 0 Å². The molecule has 2 aromatic rings. The first kappa shape index (κ1) is 19.5. The van der Waals surface area contributed by atoms with Crippen molar-refractivity contribution < 1.29 is 9.59 Å². The predicted octanol–water partition coefficient (Wildman–Crippen LogP) is 3.00. The molecule has 5 nitrogen and oxygen atoms in total. The third-order valence-electron chi connectivity index (χ3n) is 4.19. The lowest BCUT2D eigenvalue weighted by Crippen LogP contribution is -2.32. The molecule has 2 aromatic carbocycles. The van der Waals surface area contributed by atoms with Crippen LogP contribution in [0, 0.1) is 0 Å². The van der Waals surface area contributed by atoms with Crippen molar-refractivity contribution >= 4 is 23.2 Å². The zero-order valence-electron chi connectivity index (χ0n) is 15.7. The van der Waals surface area contributed by atoms with Gasteiger partial charge in [0, 0.05) is 31.9 Å². The van der Waals surface area contributed by atoms with Gasteiger partial charge >= 0.3 is 0 Å². The van der Waals surface area contributed by atoms with Crippen LogP contribution in [0.25, 0.3) is 0 Å². The normalized spacial score (nSPS) is 10.3. The number of hydrogen-bond acceptors (Lipinski definition) is 3. The first-order chi connectivity index (χ1) is 12.5. The molecule has 2 rings (SSSR count). The van der Waals surface area contributed by atoms with E-state index in [2.05, 4.69) is 41.8 Å². The summed E-state index contributed by atoms with van der Waals surface area (Å²) in [4.78, 5) is 25.9. The highest BCUT2D eigenvalue weighted by molar-refractivity contribution is 5.94. The largest absolute Gasteiger partial charge is 0.378 e. The van der Waals surface area contributed by atoms with Crippen LogP contribution in [0.15, 0.2) is 48.5 Å². The fraction of sp³-hybridized carbons (Fsp3) is 0.333. The highest BCUT2D eigenvalue weighted by Gasteiger charge is 2.07. The number of amides is 2. The van der Waals surface area contributed by atoms with E-state index in [0.717, 1.165) is 17.7 Å². The Kier molecular flexibility index (Phi) is 7.21. The highest BCUT2D eigenvalue weighted by atomic mass is 16.2. The van der Waals surface area contributed by atoms with Crippen molar-refractivity contribution in [1.82, 2.24) is 5.32 Å². The Balaban J connectivity index is 1.71. The summed E-state index contributed by atoms with van der Waals surface area (Å²) in [5.41, 5.74) is 4.19. The Morgan fingerprint density at radius 1 is 0.885 bits per heavy atom. The van der Waals surface area contributed by atoms with E-state index < -0.39 is 0 Å². The molecule has 0 fully saturated rings. The molecular weight excluding hydrogens is 326 g/mol. The molecular formula is C21H27N3O2. The van der Waals surface area contributed by atoms with E-state index >= 15 is 0 Å². The van der Waals surface area contributed by atoms with E-state index in [1.807, 2.05) is 43.3 Å². The molecule has 5 heteroatoms. The SMILES string of the molecule is CCc1ccc(CCC(=O)NCC(=O)Nc2ccc(N(C)C)cc2)cc1. The van der Waals surface area contributed by atoms with Crippen LogP contribution in [0.5, 0.6) is 0 Å². The van der Waals surface area contributed by atoms with Crippen molar-refractivity contribution in [3.05, 3.63) is 59.7 Å². The summed E-state index contributed by atoms with van der Waals surface area (Å²) in [6, 6.07) is 15.8. The van der Waals surface area contributed by atoms with Crippen LogP contribution in [0.4, 0.5) is 11.4 Å². The topological polar surface area (TPSA) is 61.4 Å². The number of hydrogen-bond donors (Lipinski definition) is 2. The van der Waals surface area contributed by atoms with Crippen LogP contribution < -0.4 is 15.5 Å². The molecule has 0 radical (unpaired) electrons. The molecule has 0 heterocycles. The molecule has 26 heavy (non-hydrogen) atoms. The van der Waals surface area contributed by atoms with Gasteiger partial charge in [-0.3, -0.25) is 9.59 Å². The van der Waals surface area contributed by atoms with Crippen molar-refractivity contribution in [3.8, 4) is 0 Å². The smallest absolute Gasteiger partial charge is 0.243 e. The summed E-state index contributed by atoms with van der Waals surface area (Å²) in [5.74, 6) is -0.356. The predicted molar refractivity (Wildman–Crippen MR) is 107 cm³/mol. The van der Waals surface area contributed by atoms with E-state index in [-0.39, 0.29) is 18.4 Å². The quantitative estimate of drug-likeness (QED) is 0.767. The average molecular weight is 353 g/mol. The Labute approximate surface area is 155 Å². The number of aryl methyl sites for hydroxylation is 2. The van der Waals surface area contributed by atoms with Crippen LogP contribution >= 0.6 is 0 Å². The minimum Gasteiger partial charge on any atom is -0.378 e. The summed E-state index contributed by atoms with van der Waals surface area (Å²) in [5, 5.41) is 5.44. The summed E-state index contributed by atoms with van der Waals surface area (Å²) < 4.78 is 0. The van der Waals surface area contributed by atoms with Gasteiger partial charge in [0.1, 0.15) is 0 Å².